The molecule has 0 aromatic carbocycles. The summed E-state index contributed by atoms with van der Waals surface area (Å²) in [5, 5.41) is 13.3. The first-order valence-corrected chi connectivity index (χ1v) is 10.8. The fourth-order valence-corrected chi connectivity index (χ4v) is 4.84. The molecule has 1 saturated heterocycles. The number of carbonyl (C=O) groups excluding carboxylic acids is 1. The molecule has 1 fully saturated rings. The maximum Gasteiger partial charge on any atom is 0.255 e. The van der Waals surface area contributed by atoms with Crippen LogP contribution in [0.25, 0.3) is 0 Å². The molecule has 2 aliphatic heterocycles. The van der Waals surface area contributed by atoms with Crippen molar-refractivity contribution in [1.82, 2.24) is 24.1 Å². The van der Waals surface area contributed by atoms with Gasteiger partial charge in [-0.05, 0) is 37.9 Å². The Kier molecular flexibility index (Phi) is 6.34. The van der Waals surface area contributed by atoms with Crippen molar-refractivity contribution in [2.24, 2.45) is 5.92 Å². The van der Waals surface area contributed by atoms with E-state index in [4.69, 9.17) is 5.11 Å². The first-order valence-electron chi connectivity index (χ1n) is 10.8. The largest absolute Gasteiger partial charge is 0.395 e. The Morgan fingerprint density at radius 2 is 2.17 bits per heavy atom. The average Bonchev–Trinajstić information content (AvgIpc) is 3.24. The number of aryl methyl sites for hydroxylation is 1. The second-order valence-electron chi connectivity index (χ2n) is 8.63. The lowest BCUT2D eigenvalue weighted by Gasteiger charge is -2.43. The van der Waals surface area contributed by atoms with Crippen molar-refractivity contribution in [2.45, 2.75) is 44.8 Å². The first kappa shape index (κ1) is 20.8. The van der Waals surface area contributed by atoms with E-state index in [1.165, 1.54) is 0 Å². The van der Waals surface area contributed by atoms with Crippen LogP contribution in [0, 0.1) is 5.92 Å². The molecule has 30 heavy (non-hydrogen) atoms. The summed E-state index contributed by atoms with van der Waals surface area (Å²) in [4.78, 5) is 29.8. The van der Waals surface area contributed by atoms with Gasteiger partial charge in [0.2, 0.25) is 5.91 Å². The molecule has 2 atom stereocenters. The number of piperidine rings is 1. The zero-order chi connectivity index (χ0) is 21.1. The lowest BCUT2D eigenvalue weighted by Crippen LogP contribution is -2.49. The number of aliphatic hydroxyl groups is 1. The first-order chi connectivity index (χ1) is 14.5. The highest BCUT2D eigenvalue weighted by atomic mass is 16.3. The van der Waals surface area contributed by atoms with Gasteiger partial charge in [-0.1, -0.05) is 6.07 Å². The Balaban J connectivity index is 1.41. The number of hydrogen-bond donors (Lipinski definition) is 1. The third-order valence-electron chi connectivity index (χ3n) is 6.29. The Hall–Kier alpha value is -2.45. The highest BCUT2D eigenvalue weighted by Crippen LogP contribution is 2.35. The zero-order valence-corrected chi connectivity index (χ0v) is 17.6. The van der Waals surface area contributed by atoms with E-state index in [1.54, 1.807) is 6.20 Å². The molecule has 8 heteroatoms. The molecule has 0 unspecified atom stereocenters. The monoisotopic (exact) mass is 413 g/mol. The van der Waals surface area contributed by atoms with Gasteiger partial charge in [-0.25, -0.2) is 0 Å². The van der Waals surface area contributed by atoms with Gasteiger partial charge in [0.05, 0.1) is 6.61 Å². The number of nitrogens with zero attached hydrogens (tertiary/aromatic N) is 5. The van der Waals surface area contributed by atoms with Crippen LogP contribution in [0.4, 0.5) is 0 Å². The molecular formula is C22H31N5O3. The van der Waals surface area contributed by atoms with Crippen LogP contribution >= 0.6 is 0 Å². The molecule has 8 nitrogen and oxygen atoms in total. The molecule has 2 aromatic heterocycles. The molecule has 0 aliphatic carbocycles. The maximum absolute atomic E-state index is 13.0. The van der Waals surface area contributed by atoms with E-state index < -0.39 is 0 Å². The van der Waals surface area contributed by atoms with E-state index in [2.05, 4.69) is 11.2 Å². The van der Waals surface area contributed by atoms with E-state index >= 15 is 0 Å². The predicted molar refractivity (Wildman–Crippen MR) is 113 cm³/mol. The van der Waals surface area contributed by atoms with Gasteiger partial charge in [-0.3, -0.25) is 19.2 Å². The molecule has 2 aromatic rings. The van der Waals surface area contributed by atoms with Gasteiger partial charge in [0.25, 0.3) is 5.56 Å². The Morgan fingerprint density at radius 3 is 2.93 bits per heavy atom. The number of carbonyl (C=O) groups is 1. The lowest BCUT2D eigenvalue weighted by molar-refractivity contribution is -0.134. The molecule has 2 aliphatic rings. The van der Waals surface area contributed by atoms with Crippen LogP contribution < -0.4 is 5.56 Å². The molecule has 4 rings (SSSR count). The minimum Gasteiger partial charge on any atom is -0.395 e. The van der Waals surface area contributed by atoms with E-state index in [9.17, 15) is 9.59 Å². The van der Waals surface area contributed by atoms with Crippen molar-refractivity contribution >= 4 is 5.91 Å². The van der Waals surface area contributed by atoms with Gasteiger partial charge < -0.3 is 14.6 Å². The highest BCUT2D eigenvalue weighted by Gasteiger charge is 2.36. The van der Waals surface area contributed by atoms with Crippen molar-refractivity contribution in [3.8, 4) is 0 Å². The molecular weight excluding hydrogens is 382 g/mol. The van der Waals surface area contributed by atoms with Crippen LogP contribution in [-0.2, 0) is 24.4 Å². The smallest absolute Gasteiger partial charge is 0.255 e. The van der Waals surface area contributed by atoms with Gasteiger partial charge in [0, 0.05) is 75.3 Å². The van der Waals surface area contributed by atoms with E-state index in [0.29, 0.717) is 38.5 Å². The summed E-state index contributed by atoms with van der Waals surface area (Å²) in [7, 11) is 1.91. The van der Waals surface area contributed by atoms with Crippen LogP contribution in [0.15, 0.2) is 35.4 Å². The van der Waals surface area contributed by atoms with Gasteiger partial charge in [-0.2, -0.15) is 5.10 Å². The second-order valence-corrected chi connectivity index (χ2v) is 8.63. The quantitative estimate of drug-likeness (QED) is 0.695. The van der Waals surface area contributed by atoms with E-state index in [1.807, 2.05) is 44.4 Å². The summed E-state index contributed by atoms with van der Waals surface area (Å²) in [6.07, 6.45) is 6.03. The SMILES string of the molecule is CN(CCO)Cc1ccc2n(c1=O)C[C@H]1C[C@@H]2CN(C(=O)CCCn2cccn2)C1. The summed E-state index contributed by atoms with van der Waals surface area (Å²) in [6, 6.07) is 5.88. The Bertz CT molecular complexity index is 923. The molecule has 0 spiro atoms. The zero-order valence-electron chi connectivity index (χ0n) is 17.6. The molecule has 0 radical (unpaired) electrons. The number of rotatable bonds is 8. The molecule has 1 amide bonds. The summed E-state index contributed by atoms with van der Waals surface area (Å²) >= 11 is 0. The summed E-state index contributed by atoms with van der Waals surface area (Å²) in [6.45, 7) is 4.03. The number of likely N-dealkylation sites (N-methyl/N-ethyl adjacent to an activating group) is 1. The third kappa shape index (κ3) is 4.49. The highest BCUT2D eigenvalue weighted by molar-refractivity contribution is 5.76. The van der Waals surface area contributed by atoms with Crippen LogP contribution in [0.3, 0.4) is 0 Å². The van der Waals surface area contributed by atoms with Gasteiger partial charge >= 0.3 is 0 Å². The molecule has 4 heterocycles. The summed E-state index contributed by atoms with van der Waals surface area (Å²) in [5.74, 6) is 0.758. The number of fused-ring (bicyclic) bond motifs is 4. The average molecular weight is 414 g/mol. The number of aromatic nitrogens is 3. The Morgan fingerprint density at radius 1 is 1.30 bits per heavy atom. The predicted octanol–water partition coefficient (Wildman–Crippen LogP) is 0.895. The van der Waals surface area contributed by atoms with Crippen LogP contribution in [0.5, 0.6) is 0 Å². The molecule has 1 N–H and O–H groups in total. The number of pyridine rings is 1. The van der Waals surface area contributed by atoms with Crippen molar-refractivity contribution in [2.75, 3.05) is 33.3 Å². The normalized spacial score (nSPS) is 20.4. The van der Waals surface area contributed by atoms with E-state index in [-0.39, 0.29) is 24.0 Å². The van der Waals surface area contributed by atoms with Gasteiger partial charge in [0.1, 0.15) is 0 Å². The van der Waals surface area contributed by atoms with E-state index in [0.717, 1.165) is 37.2 Å². The number of likely N-dealkylation sites (tertiary alicyclic amines) is 1. The van der Waals surface area contributed by atoms with Crippen LogP contribution in [-0.4, -0.2) is 68.4 Å². The molecule has 0 saturated carbocycles. The summed E-state index contributed by atoms with van der Waals surface area (Å²) < 4.78 is 3.79. The minimum absolute atomic E-state index is 0.0750. The lowest BCUT2D eigenvalue weighted by atomic mass is 9.82. The van der Waals surface area contributed by atoms with Gasteiger partial charge in [-0.15, -0.1) is 0 Å². The number of amides is 1. The third-order valence-corrected chi connectivity index (χ3v) is 6.29. The van der Waals surface area contributed by atoms with Crippen LogP contribution in [0.2, 0.25) is 0 Å². The fourth-order valence-electron chi connectivity index (χ4n) is 4.84. The van der Waals surface area contributed by atoms with Crippen molar-refractivity contribution in [3.05, 3.63) is 52.2 Å². The standard InChI is InChI=1S/C22H31N5O3/c1-24(10-11-28)15-18-5-6-20-19-12-17(14-27(20)22(18)30)13-25(16-19)21(29)4-2-8-26-9-3-7-23-26/h3,5-7,9,17,19,28H,2,4,8,10-16H2,1H3/t17-,19+/m0/s1. The minimum atomic E-state index is 0.0750. The van der Waals surface area contributed by atoms with Crippen molar-refractivity contribution in [3.63, 3.8) is 0 Å². The van der Waals surface area contributed by atoms with Crippen LogP contribution in [0.1, 0.15) is 36.4 Å². The molecule has 162 valence electrons. The number of hydrogen-bond acceptors (Lipinski definition) is 5. The summed E-state index contributed by atoms with van der Waals surface area (Å²) in [5.41, 5.74) is 1.89. The van der Waals surface area contributed by atoms with Crippen molar-refractivity contribution in [1.29, 1.82) is 0 Å². The molecule has 2 bridgehead atoms. The second kappa shape index (κ2) is 9.14. The maximum atomic E-state index is 13.0. The fraction of sp³-hybridized carbons (Fsp3) is 0.591. The van der Waals surface area contributed by atoms with Gasteiger partial charge in [0.15, 0.2) is 0 Å². The number of aliphatic hydroxyl groups excluding tert-OH is 1. The Labute approximate surface area is 176 Å². The van der Waals surface area contributed by atoms with Crippen molar-refractivity contribution < 1.29 is 9.90 Å². The topological polar surface area (TPSA) is 83.6 Å².